The van der Waals surface area contributed by atoms with E-state index in [-0.39, 0.29) is 5.91 Å². The van der Waals surface area contributed by atoms with Crippen LogP contribution >= 0.6 is 23.1 Å². The van der Waals surface area contributed by atoms with Gasteiger partial charge in [-0.3, -0.25) is 4.79 Å². The molecule has 0 bridgehead atoms. The van der Waals surface area contributed by atoms with Crippen LogP contribution in [-0.2, 0) is 0 Å². The summed E-state index contributed by atoms with van der Waals surface area (Å²) in [5, 5.41) is 5.14. The standard InChI is InChI=1S/C12H16N2OS2/c1-9(16-2)7-14-12(15)10-6-11(17-8-10)4-3-5-13/h6,8-9H,5,7,13H2,1-2H3,(H,14,15). The molecule has 0 aliphatic rings. The Hall–Kier alpha value is -0.960. The van der Waals surface area contributed by atoms with Crippen molar-refractivity contribution in [2.24, 2.45) is 5.73 Å². The molecule has 1 aromatic rings. The van der Waals surface area contributed by atoms with E-state index in [1.54, 1.807) is 17.8 Å². The molecular formula is C12H16N2OS2. The summed E-state index contributed by atoms with van der Waals surface area (Å²) in [7, 11) is 0. The Morgan fingerprint density at radius 2 is 2.47 bits per heavy atom. The van der Waals surface area contributed by atoms with Crippen LogP contribution in [0.25, 0.3) is 0 Å². The molecule has 0 radical (unpaired) electrons. The van der Waals surface area contributed by atoms with Gasteiger partial charge in [0.15, 0.2) is 0 Å². The molecule has 17 heavy (non-hydrogen) atoms. The van der Waals surface area contributed by atoms with E-state index in [0.717, 1.165) is 4.88 Å². The normalized spacial score (nSPS) is 11.5. The van der Waals surface area contributed by atoms with Crippen molar-refractivity contribution in [3.63, 3.8) is 0 Å². The smallest absolute Gasteiger partial charge is 0.252 e. The molecule has 0 saturated carbocycles. The van der Waals surface area contributed by atoms with Gasteiger partial charge in [0.2, 0.25) is 0 Å². The monoisotopic (exact) mass is 268 g/mol. The van der Waals surface area contributed by atoms with Crippen LogP contribution in [0.2, 0.25) is 0 Å². The summed E-state index contributed by atoms with van der Waals surface area (Å²) >= 11 is 3.19. The van der Waals surface area contributed by atoms with Gasteiger partial charge in [0.25, 0.3) is 5.91 Å². The molecule has 0 spiro atoms. The van der Waals surface area contributed by atoms with Crippen LogP contribution in [0.4, 0.5) is 0 Å². The average molecular weight is 268 g/mol. The molecule has 0 saturated heterocycles. The van der Waals surface area contributed by atoms with Gasteiger partial charge < -0.3 is 11.1 Å². The summed E-state index contributed by atoms with van der Waals surface area (Å²) in [6, 6.07) is 1.80. The van der Waals surface area contributed by atoms with Gasteiger partial charge in [-0.2, -0.15) is 11.8 Å². The maximum atomic E-state index is 11.8. The molecule has 3 N–H and O–H groups in total. The number of thiophene rings is 1. The zero-order chi connectivity index (χ0) is 12.7. The zero-order valence-electron chi connectivity index (χ0n) is 9.95. The molecule has 1 unspecified atom stereocenters. The van der Waals surface area contributed by atoms with Crippen molar-refractivity contribution in [1.82, 2.24) is 5.32 Å². The molecule has 1 aromatic heterocycles. The number of nitrogens with one attached hydrogen (secondary N) is 1. The highest BCUT2D eigenvalue weighted by Gasteiger charge is 2.08. The summed E-state index contributed by atoms with van der Waals surface area (Å²) in [4.78, 5) is 12.6. The molecule has 0 aliphatic heterocycles. The van der Waals surface area contributed by atoms with Crippen LogP contribution in [0, 0.1) is 11.8 Å². The molecule has 1 heterocycles. The van der Waals surface area contributed by atoms with E-state index in [9.17, 15) is 4.79 Å². The number of rotatable bonds is 4. The van der Waals surface area contributed by atoms with Gasteiger partial charge in [0.1, 0.15) is 0 Å². The molecule has 1 rings (SSSR count). The molecule has 1 amide bonds. The second kappa shape index (κ2) is 7.38. The minimum absolute atomic E-state index is 0.0389. The first-order valence-corrected chi connectivity index (χ1v) is 7.42. The SMILES string of the molecule is CSC(C)CNC(=O)c1csc(C#CCN)c1. The maximum Gasteiger partial charge on any atom is 0.252 e. The Kier molecular flexibility index (Phi) is 6.12. The number of amides is 1. The fraction of sp³-hybridized carbons (Fsp3) is 0.417. The first-order valence-electron chi connectivity index (χ1n) is 5.25. The average Bonchev–Trinajstić information content (AvgIpc) is 2.81. The fourth-order valence-electron chi connectivity index (χ4n) is 1.08. The van der Waals surface area contributed by atoms with Gasteiger partial charge in [0.05, 0.1) is 17.0 Å². The molecular weight excluding hydrogens is 252 g/mol. The third-order valence-electron chi connectivity index (χ3n) is 2.13. The maximum absolute atomic E-state index is 11.8. The second-order valence-corrected chi connectivity index (χ2v) is 5.65. The topological polar surface area (TPSA) is 55.1 Å². The van der Waals surface area contributed by atoms with Crippen LogP contribution in [0.1, 0.15) is 22.2 Å². The Labute approximate surface area is 110 Å². The van der Waals surface area contributed by atoms with E-state index in [1.165, 1.54) is 11.3 Å². The Bertz CT molecular complexity index is 431. The lowest BCUT2D eigenvalue weighted by atomic mass is 10.3. The Morgan fingerprint density at radius 1 is 1.71 bits per heavy atom. The van der Waals surface area contributed by atoms with Crippen molar-refractivity contribution in [3.05, 3.63) is 21.9 Å². The van der Waals surface area contributed by atoms with Crippen LogP contribution < -0.4 is 11.1 Å². The minimum atomic E-state index is -0.0389. The number of hydrogen-bond acceptors (Lipinski definition) is 4. The number of carbonyl (C=O) groups is 1. The number of hydrogen-bond donors (Lipinski definition) is 2. The fourth-order valence-corrected chi connectivity index (χ4v) is 2.09. The first kappa shape index (κ1) is 14.1. The van der Waals surface area contributed by atoms with E-state index in [4.69, 9.17) is 5.73 Å². The largest absolute Gasteiger partial charge is 0.351 e. The van der Waals surface area contributed by atoms with E-state index in [2.05, 4.69) is 24.1 Å². The predicted molar refractivity (Wildman–Crippen MR) is 75.6 cm³/mol. The van der Waals surface area contributed by atoms with Gasteiger partial charge in [-0.15, -0.1) is 11.3 Å². The second-order valence-electron chi connectivity index (χ2n) is 3.46. The quantitative estimate of drug-likeness (QED) is 0.815. The molecule has 92 valence electrons. The third-order valence-corrected chi connectivity index (χ3v) is 3.94. The van der Waals surface area contributed by atoms with Gasteiger partial charge in [0, 0.05) is 17.2 Å². The first-order chi connectivity index (χ1) is 8.17. The minimum Gasteiger partial charge on any atom is -0.351 e. The lowest BCUT2D eigenvalue weighted by Gasteiger charge is -2.08. The van der Waals surface area contributed by atoms with Gasteiger partial charge >= 0.3 is 0 Å². The summed E-state index contributed by atoms with van der Waals surface area (Å²) < 4.78 is 0. The van der Waals surface area contributed by atoms with Crippen LogP contribution in [0.15, 0.2) is 11.4 Å². The molecule has 0 fully saturated rings. The van der Waals surface area contributed by atoms with Crippen molar-refractivity contribution in [1.29, 1.82) is 0 Å². The van der Waals surface area contributed by atoms with Crippen LogP contribution in [-0.4, -0.2) is 30.5 Å². The summed E-state index contributed by atoms with van der Waals surface area (Å²) in [5.74, 6) is 5.65. The van der Waals surface area contributed by atoms with Crippen LogP contribution in [0.5, 0.6) is 0 Å². The lowest BCUT2D eigenvalue weighted by Crippen LogP contribution is -2.28. The highest BCUT2D eigenvalue weighted by molar-refractivity contribution is 7.99. The van der Waals surface area contributed by atoms with Crippen molar-refractivity contribution in [2.45, 2.75) is 12.2 Å². The number of thioether (sulfide) groups is 1. The summed E-state index contributed by atoms with van der Waals surface area (Å²) in [5.41, 5.74) is 5.96. The van der Waals surface area contributed by atoms with Gasteiger partial charge in [-0.05, 0) is 12.3 Å². The number of nitrogens with two attached hydrogens (primary N) is 1. The van der Waals surface area contributed by atoms with Crippen molar-refractivity contribution >= 4 is 29.0 Å². The van der Waals surface area contributed by atoms with Crippen molar-refractivity contribution < 1.29 is 4.79 Å². The van der Waals surface area contributed by atoms with Gasteiger partial charge in [-0.1, -0.05) is 18.8 Å². The van der Waals surface area contributed by atoms with E-state index < -0.39 is 0 Å². The Morgan fingerprint density at radius 3 is 3.12 bits per heavy atom. The Balaban J connectivity index is 2.55. The summed E-state index contributed by atoms with van der Waals surface area (Å²) in [6.45, 7) is 3.10. The molecule has 1 atom stereocenters. The highest BCUT2D eigenvalue weighted by atomic mass is 32.2. The van der Waals surface area contributed by atoms with E-state index >= 15 is 0 Å². The molecule has 3 nitrogen and oxygen atoms in total. The van der Waals surface area contributed by atoms with Crippen LogP contribution in [0.3, 0.4) is 0 Å². The van der Waals surface area contributed by atoms with E-state index in [0.29, 0.717) is 23.9 Å². The van der Waals surface area contributed by atoms with Gasteiger partial charge in [-0.25, -0.2) is 0 Å². The van der Waals surface area contributed by atoms with Crippen molar-refractivity contribution in [2.75, 3.05) is 19.3 Å². The van der Waals surface area contributed by atoms with E-state index in [1.807, 2.05) is 11.6 Å². The molecule has 5 heteroatoms. The molecule has 0 aliphatic carbocycles. The summed E-state index contributed by atoms with van der Waals surface area (Å²) in [6.07, 6.45) is 2.03. The lowest BCUT2D eigenvalue weighted by molar-refractivity contribution is 0.0954. The predicted octanol–water partition coefficient (Wildman–Crippen LogP) is 1.54. The van der Waals surface area contributed by atoms with Crippen molar-refractivity contribution in [3.8, 4) is 11.8 Å². The molecule has 0 aromatic carbocycles. The zero-order valence-corrected chi connectivity index (χ0v) is 11.6. The number of carbonyl (C=O) groups excluding carboxylic acids is 1. The third kappa shape index (κ3) is 4.82. The highest BCUT2D eigenvalue weighted by Crippen LogP contribution is 2.13.